The molecule has 0 N–H and O–H groups in total. The molecule has 9 heavy (non-hydrogen) atoms. The van der Waals surface area contributed by atoms with E-state index in [1.807, 2.05) is 0 Å². The van der Waals surface area contributed by atoms with Gasteiger partial charge in [0.1, 0.15) is 0 Å². The van der Waals surface area contributed by atoms with E-state index in [1.54, 1.807) is 7.05 Å². The van der Waals surface area contributed by atoms with E-state index in [1.165, 1.54) is 4.90 Å². The van der Waals surface area contributed by atoms with Gasteiger partial charge in [-0.25, -0.2) is 0 Å². The van der Waals surface area contributed by atoms with Crippen LogP contribution in [0.3, 0.4) is 0 Å². The van der Waals surface area contributed by atoms with Crippen LogP contribution >= 0.6 is 0 Å². The molecular formula is C7H9NO. The predicted molar refractivity (Wildman–Crippen MR) is 35.7 cm³/mol. The molecule has 0 aliphatic carbocycles. The average Bonchev–Trinajstić information content (AvgIpc) is 1.98. The second-order valence-electron chi connectivity index (χ2n) is 2.21. The van der Waals surface area contributed by atoms with Gasteiger partial charge >= 0.3 is 0 Å². The van der Waals surface area contributed by atoms with Gasteiger partial charge in [-0.15, -0.1) is 0 Å². The Morgan fingerprint density at radius 3 is 2.22 bits per heavy atom. The van der Waals surface area contributed by atoms with Crippen LogP contribution in [0.5, 0.6) is 0 Å². The maximum absolute atomic E-state index is 10.9. The third-order valence-electron chi connectivity index (χ3n) is 1.50. The fraction of sp³-hybridized carbons (Fsp3) is 0.286. The number of rotatable bonds is 0. The molecule has 0 aromatic heterocycles. The summed E-state index contributed by atoms with van der Waals surface area (Å²) in [7, 11) is 1.71. The molecule has 0 bridgehead atoms. The smallest absolute Gasteiger partial charge is 0.253 e. The Bertz CT molecular complexity index is 193. The number of allylic oxidation sites excluding steroid dienone is 1. The minimum atomic E-state index is 0.000000000000000222. The molecule has 1 saturated heterocycles. The first kappa shape index (κ1) is 6.08. The number of nitrogens with zero attached hydrogens (tertiary/aromatic N) is 1. The summed E-state index contributed by atoms with van der Waals surface area (Å²) in [5.41, 5.74) is 1.48. The van der Waals surface area contributed by atoms with Gasteiger partial charge in [-0.2, -0.15) is 0 Å². The summed E-state index contributed by atoms with van der Waals surface area (Å²) >= 11 is 0. The number of carbonyl (C=O) groups excluding carboxylic acids is 1. The van der Waals surface area contributed by atoms with E-state index in [4.69, 9.17) is 0 Å². The van der Waals surface area contributed by atoms with Gasteiger partial charge in [0.2, 0.25) is 0 Å². The summed E-state index contributed by atoms with van der Waals surface area (Å²) in [6, 6.07) is 0. The SMILES string of the molecule is C=C1CC(=C)N(C)C1=O. The van der Waals surface area contributed by atoms with Gasteiger partial charge in [0, 0.05) is 24.7 Å². The van der Waals surface area contributed by atoms with Crippen molar-refractivity contribution in [3.05, 3.63) is 24.4 Å². The minimum absolute atomic E-state index is 0.000000000000000222. The van der Waals surface area contributed by atoms with Crippen LogP contribution in [0.25, 0.3) is 0 Å². The highest BCUT2D eigenvalue weighted by molar-refractivity contribution is 5.97. The van der Waals surface area contributed by atoms with E-state index in [2.05, 4.69) is 13.2 Å². The Labute approximate surface area is 54.5 Å². The maximum Gasteiger partial charge on any atom is 0.253 e. The quantitative estimate of drug-likeness (QED) is 0.438. The topological polar surface area (TPSA) is 20.3 Å². The molecule has 1 aliphatic rings. The molecule has 1 amide bonds. The van der Waals surface area contributed by atoms with Crippen molar-refractivity contribution < 1.29 is 4.79 Å². The van der Waals surface area contributed by atoms with Crippen LogP contribution in [0.4, 0.5) is 0 Å². The third kappa shape index (κ3) is 0.762. The lowest BCUT2D eigenvalue weighted by Crippen LogP contribution is -2.16. The number of likely N-dealkylation sites (N-methyl/N-ethyl adjacent to an activating group) is 1. The number of likely N-dealkylation sites (tertiary alicyclic amines) is 1. The normalized spacial score (nSPS) is 19.7. The molecule has 1 heterocycles. The van der Waals surface area contributed by atoms with Crippen molar-refractivity contribution in [3.8, 4) is 0 Å². The van der Waals surface area contributed by atoms with Gasteiger partial charge in [-0.05, 0) is 0 Å². The van der Waals surface area contributed by atoms with E-state index in [9.17, 15) is 4.79 Å². The van der Waals surface area contributed by atoms with Gasteiger partial charge in [0.25, 0.3) is 5.91 Å². The number of amides is 1. The summed E-state index contributed by atoms with van der Waals surface area (Å²) in [5.74, 6) is 0.000000000000000222. The third-order valence-corrected chi connectivity index (χ3v) is 1.50. The van der Waals surface area contributed by atoms with Crippen molar-refractivity contribution in [1.29, 1.82) is 0 Å². The molecule has 0 atom stereocenters. The Balaban J connectivity index is 2.90. The van der Waals surface area contributed by atoms with Gasteiger partial charge in [0.05, 0.1) is 0 Å². The van der Waals surface area contributed by atoms with Gasteiger partial charge in [-0.3, -0.25) is 4.79 Å². The summed E-state index contributed by atoms with van der Waals surface area (Å²) < 4.78 is 0. The molecule has 48 valence electrons. The van der Waals surface area contributed by atoms with Crippen molar-refractivity contribution >= 4 is 5.91 Å². The highest BCUT2D eigenvalue weighted by Crippen LogP contribution is 2.21. The van der Waals surface area contributed by atoms with Crippen LogP contribution in [0.1, 0.15) is 6.42 Å². The molecule has 1 fully saturated rings. The number of carbonyl (C=O) groups is 1. The lowest BCUT2D eigenvalue weighted by atomic mass is 10.2. The minimum Gasteiger partial charge on any atom is -0.316 e. The van der Waals surface area contributed by atoms with Crippen LogP contribution in [-0.4, -0.2) is 17.9 Å². The fourth-order valence-corrected chi connectivity index (χ4v) is 0.821. The van der Waals surface area contributed by atoms with E-state index in [-0.39, 0.29) is 5.91 Å². The highest BCUT2D eigenvalue weighted by atomic mass is 16.2. The van der Waals surface area contributed by atoms with Crippen LogP contribution < -0.4 is 0 Å². The second kappa shape index (κ2) is 1.72. The highest BCUT2D eigenvalue weighted by Gasteiger charge is 2.23. The molecule has 2 nitrogen and oxygen atoms in total. The molecule has 0 aromatic carbocycles. The summed E-state index contributed by atoms with van der Waals surface area (Å²) in [5, 5.41) is 0. The molecule has 1 aliphatic heterocycles. The van der Waals surface area contributed by atoms with E-state index < -0.39 is 0 Å². The van der Waals surface area contributed by atoms with Gasteiger partial charge in [0.15, 0.2) is 0 Å². The monoisotopic (exact) mass is 123 g/mol. The summed E-state index contributed by atoms with van der Waals surface area (Å²) in [6.45, 7) is 7.26. The molecular weight excluding hydrogens is 114 g/mol. The predicted octanol–water partition coefficient (Wildman–Crippen LogP) is 0.918. The average molecular weight is 123 g/mol. The van der Waals surface area contributed by atoms with Gasteiger partial charge < -0.3 is 4.90 Å². The lowest BCUT2D eigenvalue weighted by molar-refractivity contribution is -0.122. The zero-order valence-electron chi connectivity index (χ0n) is 5.48. The first-order valence-electron chi connectivity index (χ1n) is 2.76. The van der Waals surface area contributed by atoms with Crippen LogP contribution in [0.15, 0.2) is 24.4 Å². The number of hydrogen-bond donors (Lipinski definition) is 0. The molecule has 0 aromatic rings. The van der Waals surface area contributed by atoms with E-state index in [0.717, 1.165) is 5.70 Å². The largest absolute Gasteiger partial charge is 0.316 e. The zero-order chi connectivity index (χ0) is 7.02. The molecule has 0 saturated carbocycles. The standard InChI is InChI=1S/C7H9NO/c1-5-4-6(2)8(3)7(5)9/h1-2,4H2,3H3. The Morgan fingerprint density at radius 1 is 1.56 bits per heavy atom. The summed E-state index contributed by atoms with van der Waals surface area (Å²) in [6.07, 6.45) is 0.634. The van der Waals surface area contributed by atoms with Crippen molar-refractivity contribution in [1.82, 2.24) is 4.90 Å². The van der Waals surface area contributed by atoms with E-state index >= 15 is 0 Å². The van der Waals surface area contributed by atoms with E-state index in [0.29, 0.717) is 12.0 Å². The zero-order valence-corrected chi connectivity index (χ0v) is 5.48. The molecule has 0 unspecified atom stereocenters. The fourth-order valence-electron chi connectivity index (χ4n) is 0.821. The van der Waals surface area contributed by atoms with Gasteiger partial charge in [-0.1, -0.05) is 13.2 Å². The Hall–Kier alpha value is -1.05. The van der Waals surface area contributed by atoms with Crippen LogP contribution in [0.2, 0.25) is 0 Å². The Morgan fingerprint density at radius 2 is 2.11 bits per heavy atom. The first-order chi connectivity index (χ1) is 4.13. The van der Waals surface area contributed by atoms with Crippen molar-refractivity contribution in [3.63, 3.8) is 0 Å². The van der Waals surface area contributed by atoms with Crippen molar-refractivity contribution in [2.45, 2.75) is 6.42 Å². The second-order valence-corrected chi connectivity index (χ2v) is 2.21. The summed E-state index contributed by atoms with van der Waals surface area (Å²) in [4.78, 5) is 12.4. The molecule has 0 spiro atoms. The number of hydrogen-bond acceptors (Lipinski definition) is 1. The maximum atomic E-state index is 10.9. The Kier molecular flexibility index (Phi) is 1.16. The molecule has 0 radical (unpaired) electrons. The first-order valence-corrected chi connectivity index (χ1v) is 2.76. The van der Waals surface area contributed by atoms with Crippen molar-refractivity contribution in [2.24, 2.45) is 0 Å². The molecule has 2 heteroatoms. The van der Waals surface area contributed by atoms with Crippen LogP contribution in [0, 0.1) is 0 Å². The lowest BCUT2D eigenvalue weighted by Gasteiger charge is -2.06. The molecule has 1 rings (SSSR count). The van der Waals surface area contributed by atoms with Crippen LogP contribution in [-0.2, 0) is 4.79 Å². The van der Waals surface area contributed by atoms with Crippen molar-refractivity contribution in [2.75, 3.05) is 7.05 Å².